The third kappa shape index (κ3) is 3.71. The molecule has 0 aliphatic carbocycles. The summed E-state index contributed by atoms with van der Waals surface area (Å²) < 4.78 is 5.89. The van der Waals surface area contributed by atoms with Crippen LogP contribution in [0.3, 0.4) is 0 Å². The molecule has 1 aromatic heterocycles. The molecule has 0 amide bonds. The largest absolute Gasteiger partial charge is 0.439 e. The van der Waals surface area contributed by atoms with Crippen molar-refractivity contribution in [2.45, 2.75) is 31.8 Å². The monoisotopic (exact) mass is 285 g/mol. The zero-order valence-corrected chi connectivity index (χ0v) is 12.6. The molecule has 3 rings (SSSR count). The molecule has 112 valence electrons. The van der Waals surface area contributed by atoms with Crippen LogP contribution in [0.2, 0.25) is 0 Å². The summed E-state index contributed by atoms with van der Waals surface area (Å²) in [6.07, 6.45) is 5.52. The van der Waals surface area contributed by atoms with Crippen molar-refractivity contribution in [3.63, 3.8) is 0 Å². The number of benzene rings is 1. The van der Waals surface area contributed by atoms with E-state index in [0.717, 1.165) is 36.8 Å². The molecule has 2 aromatic rings. The maximum atomic E-state index is 5.89. The maximum Gasteiger partial charge on any atom is 0.209 e. The zero-order chi connectivity index (χ0) is 14.5. The minimum Gasteiger partial charge on any atom is -0.439 e. The second-order valence-electron chi connectivity index (χ2n) is 5.73. The van der Waals surface area contributed by atoms with Gasteiger partial charge in [0.2, 0.25) is 5.89 Å². The quantitative estimate of drug-likeness (QED) is 0.938. The number of nitrogens with zero attached hydrogens (tertiary/aromatic N) is 2. The summed E-state index contributed by atoms with van der Waals surface area (Å²) >= 11 is 0. The minimum absolute atomic E-state index is 0.618. The first-order valence-corrected chi connectivity index (χ1v) is 7.74. The zero-order valence-electron chi connectivity index (χ0n) is 12.6. The molecule has 1 unspecified atom stereocenters. The number of rotatable bonds is 4. The van der Waals surface area contributed by atoms with Gasteiger partial charge in [0.1, 0.15) is 0 Å². The Balaban J connectivity index is 1.64. The Morgan fingerprint density at radius 3 is 2.95 bits per heavy atom. The second-order valence-corrected chi connectivity index (χ2v) is 5.73. The molecule has 21 heavy (non-hydrogen) atoms. The fourth-order valence-electron chi connectivity index (χ4n) is 2.90. The smallest absolute Gasteiger partial charge is 0.209 e. The van der Waals surface area contributed by atoms with Crippen LogP contribution in [0.1, 0.15) is 25.2 Å². The molecule has 1 atom stereocenters. The van der Waals surface area contributed by atoms with Crippen molar-refractivity contribution >= 4 is 0 Å². The summed E-state index contributed by atoms with van der Waals surface area (Å²) in [5.41, 5.74) is 1.08. The molecule has 4 nitrogen and oxygen atoms in total. The molecule has 0 bridgehead atoms. The van der Waals surface area contributed by atoms with Gasteiger partial charge >= 0.3 is 0 Å². The summed E-state index contributed by atoms with van der Waals surface area (Å²) in [4.78, 5) is 6.80. The van der Waals surface area contributed by atoms with Crippen molar-refractivity contribution in [1.82, 2.24) is 15.2 Å². The average molecular weight is 285 g/mol. The molecule has 1 aromatic carbocycles. The molecule has 2 heterocycles. The Morgan fingerprint density at radius 2 is 2.10 bits per heavy atom. The van der Waals surface area contributed by atoms with Crippen molar-refractivity contribution in [1.29, 1.82) is 0 Å². The van der Waals surface area contributed by atoms with E-state index in [0.29, 0.717) is 6.04 Å². The van der Waals surface area contributed by atoms with Crippen LogP contribution in [0.5, 0.6) is 0 Å². The third-order valence-electron chi connectivity index (χ3n) is 4.17. The van der Waals surface area contributed by atoms with E-state index in [1.807, 2.05) is 36.5 Å². The van der Waals surface area contributed by atoms with Gasteiger partial charge in [0.25, 0.3) is 0 Å². The van der Waals surface area contributed by atoms with Crippen LogP contribution in [0, 0.1) is 0 Å². The molecule has 1 aliphatic heterocycles. The van der Waals surface area contributed by atoms with Crippen molar-refractivity contribution in [2.24, 2.45) is 0 Å². The molecule has 0 radical (unpaired) electrons. The summed E-state index contributed by atoms with van der Waals surface area (Å²) in [5, 5.41) is 3.46. The molecular formula is C17H23N3O. The number of oxazole rings is 1. The third-order valence-corrected chi connectivity index (χ3v) is 4.17. The van der Waals surface area contributed by atoms with Gasteiger partial charge in [-0.1, -0.05) is 30.3 Å². The number of hydrogen-bond acceptors (Lipinski definition) is 4. The van der Waals surface area contributed by atoms with Gasteiger partial charge in [0.05, 0.1) is 12.7 Å². The Kier molecular flexibility index (Phi) is 4.68. The number of nitrogens with one attached hydrogen (secondary N) is 1. The molecule has 1 aliphatic rings. The molecular weight excluding hydrogens is 262 g/mol. The first-order valence-electron chi connectivity index (χ1n) is 7.74. The van der Waals surface area contributed by atoms with Gasteiger partial charge < -0.3 is 9.73 Å². The van der Waals surface area contributed by atoms with Gasteiger partial charge in [0.15, 0.2) is 5.76 Å². The highest BCUT2D eigenvalue weighted by molar-refractivity contribution is 5.55. The Labute approximate surface area is 126 Å². The van der Waals surface area contributed by atoms with E-state index < -0.39 is 0 Å². The highest BCUT2D eigenvalue weighted by Crippen LogP contribution is 2.21. The number of hydrogen-bond donors (Lipinski definition) is 1. The Bertz CT molecular complexity index is 544. The topological polar surface area (TPSA) is 41.3 Å². The van der Waals surface area contributed by atoms with Crippen molar-refractivity contribution in [3.05, 3.63) is 42.4 Å². The van der Waals surface area contributed by atoms with Crippen molar-refractivity contribution in [2.75, 3.05) is 20.1 Å². The number of aromatic nitrogens is 1. The van der Waals surface area contributed by atoms with Crippen molar-refractivity contribution < 1.29 is 4.42 Å². The first kappa shape index (κ1) is 14.3. The standard InChI is InChI=1S/C17H23N3O/c1-20(15-8-5-10-18-11-9-15)13-17-19-12-16(21-17)14-6-3-2-4-7-14/h2-4,6-7,12,15,18H,5,8-11,13H2,1H3. The lowest BCUT2D eigenvalue weighted by Gasteiger charge is -2.25. The second kappa shape index (κ2) is 6.87. The predicted octanol–water partition coefficient (Wildman–Crippen LogP) is 2.92. The normalized spacial score (nSPS) is 19.6. The van der Waals surface area contributed by atoms with E-state index in [1.54, 1.807) is 0 Å². The SMILES string of the molecule is CN(Cc1ncc(-c2ccccc2)o1)C1CCCNCC1. The summed E-state index contributed by atoms with van der Waals surface area (Å²) in [6.45, 7) is 3.02. The van der Waals surface area contributed by atoms with E-state index in [9.17, 15) is 0 Å². The molecule has 1 N–H and O–H groups in total. The minimum atomic E-state index is 0.618. The van der Waals surface area contributed by atoms with E-state index in [2.05, 4.69) is 22.2 Å². The molecule has 0 spiro atoms. The van der Waals surface area contributed by atoms with Crippen LogP contribution in [0.25, 0.3) is 11.3 Å². The highest BCUT2D eigenvalue weighted by Gasteiger charge is 2.18. The lowest BCUT2D eigenvalue weighted by Crippen LogP contribution is -2.32. The van der Waals surface area contributed by atoms with Crippen LogP contribution < -0.4 is 5.32 Å². The van der Waals surface area contributed by atoms with Crippen LogP contribution in [-0.4, -0.2) is 36.1 Å². The molecule has 4 heteroatoms. The molecule has 1 fully saturated rings. The predicted molar refractivity (Wildman–Crippen MR) is 83.9 cm³/mol. The summed E-state index contributed by atoms with van der Waals surface area (Å²) in [6, 6.07) is 10.8. The van der Waals surface area contributed by atoms with Gasteiger partial charge in [-0.3, -0.25) is 4.90 Å². The van der Waals surface area contributed by atoms with Gasteiger partial charge in [-0.2, -0.15) is 0 Å². The van der Waals surface area contributed by atoms with E-state index in [-0.39, 0.29) is 0 Å². The fraction of sp³-hybridized carbons (Fsp3) is 0.471. The lowest BCUT2D eigenvalue weighted by molar-refractivity contribution is 0.198. The van der Waals surface area contributed by atoms with Crippen molar-refractivity contribution in [3.8, 4) is 11.3 Å². The van der Waals surface area contributed by atoms with Gasteiger partial charge in [-0.25, -0.2) is 4.98 Å². The van der Waals surface area contributed by atoms with E-state index in [1.165, 1.54) is 19.3 Å². The van der Waals surface area contributed by atoms with Gasteiger partial charge in [0, 0.05) is 11.6 Å². The maximum absolute atomic E-state index is 5.89. The molecule has 1 saturated heterocycles. The lowest BCUT2D eigenvalue weighted by atomic mass is 10.1. The van der Waals surface area contributed by atoms with Crippen LogP contribution in [0.4, 0.5) is 0 Å². The van der Waals surface area contributed by atoms with Gasteiger partial charge in [-0.15, -0.1) is 0 Å². The van der Waals surface area contributed by atoms with Gasteiger partial charge in [-0.05, 0) is 39.4 Å². The Hall–Kier alpha value is -1.65. The van der Waals surface area contributed by atoms with Crippen LogP contribution in [0.15, 0.2) is 40.9 Å². The molecule has 0 saturated carbocycles. The van der Waals surface area contributed by atoms with E-state index >= 15 is 0 Å². The summed E-state index contributed by atoms with van der Waals surface area (Å²) in [7, 11) is 2.17. The van der Waals surface area contributed by atoms with E-state index in [4.69, 9.17) is 4.42 Å². The summed E-state index contributed by atoms with van der Waals surface area (Å²) in [5.74, 6) is 1.65. The Morgan fingerprint density at radius 1 is 1.24 bits per heavy atom. The highest BCUT2D eigenvalue weighted by atomic mass is 16.4. The average Bonchev–Trinajstić information content (AvgIpc) is 2.81. The van der Waals surface area contributed by atoms with Crippen LogP contribution >= 0.6 is 0 Å². The fourth-order valence-corrected chi connectivity index (χ4v) is 2.90. The first-order chi connectivity index (χ1) is 10.3. The van der Waals surface area contributed by atoms with Crippen LogP contribution in [-0.2, 0) is 6.54 Å².